The van der Waals surface area contributed by atoms with E-state index < -0.39 is 11.7 Å². The molecule has 1 radical (unpaired) electrons. The second-order valence-electron chi connectivity index (χ2n) is 6.53. The summed E-state index contributed by atoms with van der Waals surface area (Å²) < 4.78 is 39.8. The molecule has 0 amide bonds. The third-order valence-corrected chi connectivity index (χ3v) is 3.66. The maximum atomic E-state index is 12.7. The lowest BCUT2D eigenvalue weighted by molar-refractivity contribution is -0.137. The first-order valence-electron chi connectivity index (χ1n) is 7.89. The average molecular weight is 339 g/mol. The number of anilines is 1. The van der Waals surface area contributed by atoms with Gasteiger partial charge in [-0.05, 0) is 32.0 Å². The SMILES string of the molecule is CCN(CC)c1nc(C(C)(C)C)nn1-c1[c]cc(C(F)(F)F)cc1. The monoisotopic (exact) mass is 339 g/mol. The Morgan fingerprint density at radius 3 is 2.17 bits per heavy atom. The van der Waals surface area contributed by atoms with Crippen LogP contribution in [0.1, 0.15) is 46.0 Å². The minimum absolute atomic E-state index is 0.265. The van der Waals surface area contributed by atoms with Gasteiger partial charge < -0.3 is 4.90 Å². The van der Waals surface area contributed by atoms with Gasteiger partial charge in [0.1, 0.15) is 0 Å². The number of halogens is 3. The highest BCUT2D eigenvalue weighted by Gasteiger charge is 2.30. The van der Waals surface area contributed by atoms with Crippen LogP contribution in [0.15, 0.2) is 18.2 Å². The lowest BCUT2D eigenvalue weighted by Gasteiger charge is -2.20. The zero-order valence-corrected chi connectivity index (χ0v) is 14.6. The summed E-state index contributed by atoms with van der Waals surface area (Å²) in [4.78, 5) is 6.61. The van der Waals surface area contributed by atoms with Crippen molar-refractivity contribution in [3.63, 3.8) is 0 Å². The fourth-order valence-electron chi connectivity index (χ4n) is 2.22. The highest BCUT2D eigenvalue weighted by Crippen LogP contribution is 2.30. The molecule has 4 nitrogen and oxygen atoms in total. The standard InChI is InChI=1S/C17H22F3N4/c1-6-23(7-2)15-21-14(16(3,4)5)22-24(15)13-10-8-12(9-11-13)17(18,19)20/h8-10H,6-7H2,1-5H3. The van der Waals surface area contributed by atoms with Crippen LogP contribution in [0.4, 0.5) is 19.1 Å². The summed E-state index contributed by atoms with van der Waals surface area (Å²) in [6, 6.07) is 6.04. The molecule has 0 fully saturated rings. The number of hydrogen-bond donors (Lipinski definition) is 0. The molecule has 131 valence electrons. The Morgan fingerprint density at radius 1 is 1.12 bits per heavy atom. The Hall–Kier alpha value is -2.05. The van der Waals surface area contributed by atoms with Gasteiger partial charge in [-0.3, -0.25) is 0 Å². The lowest BCUT2D eigenvalue weighted by atomic mass is 9.96. The van der Waals surface area contributed by atoms with Crippen LogP contribution >= 0.6 is 0 Å². The predicted molar refractivity (Wildman–Crippen MR) is 87.5 cm³/mol. The van der Waals surface area contributed by atoms with Gasteiger partial charge >= 0.3 is 6.18 Å². The minimum atomic E-state index is -4.38. The van der Waals surface area contributed by atoms with Crippen LogP contribution in [0.25, 0.3) is 5.69 Å². The van der Waals surface area contributed by atoms with Crippen molar-refractivity contribution in [2.75, 3.05) is 18.0 Å². The van der Waals surface area contributed by atoms with Gasteiger partial charge in [-0.25, -0.2) is 0 Å². The summed E-state index contributed by atoms with van der Waals surface area (Å²) in [6.45, 7) is 11.4. The van der Waals surface area contributed by atoms with Crippen LogP contribution in [0.3, 0.4) is 0 Å². The number of rotatable bonds is 4. The summed E-state index contributed by atoms with van der Waals surface area (Å²) in [7, 11) is 0. The fraction of sp³-hybridized carbons (Fsp3) is 0.529. The molecule has 0 aliphatic carbocycles. The van der Waals surface area contributed by atoms with E-state index in [-0.39, 0.29) is 5.41 Å². The molecular weight excluding hydrogens is 317 g/mol. The van der Waals surface area contributed by atoms with E-state index in [1.54, 1.807) is 4.68 Å². The lowest BCUT2D eigenvalue weighted by Crippen LogP contribution is -2.25. The van der Waals surface area contributed by atoms with Crippen molar-refractivity contribution in [3.8, 4) is 5.69 Å². The Balaban J connectivity index is 2.53. The van der Waals surface area contributed by atoms with Crippen LogP contribution in [-0.4, -0.2) is 27.9 Å². The average Bonchev–Trinajstić information content (AvgIpc) is 2.93. The highest BCUT2D eigenvalue weighted by atomic mass is 19.4. The van der Waals surface area contributed by atoms with Crippen molar-refractivity contribution in [2.45, 2.75) is 46.2 Å². The molecule has 24 heavy (non-hydrogen) atoms. The van der Waals surface area contributed by atoms with Crippen LogP contribution in [0.2, 0.25) is 0 Å². The molecule has 0 saturated carbocycles. The second kappa shape index (κ2) is 6.45. The first-order valence-corrected chi connectivity index (χ1v) is 7.89. The van der Waals surface area contributed by atoms with Gasteiger partial charge in [0.15, 0.2) is 5.82 Å². The molecule has 0 saturated heterocycles. The smallest absolute Gasteiger partial charge is 0.341 e. The molecule has 2 aromatic rings. The van der Waals surface area contributed by atoms with Gasteiger partial charge in [0.2, 0.25) is 5.95 Å². The minimum Gasteiger partial charge on any atom is -0.341 e. The highest BCUT2D eigenvalue weighted by molar-refractivity contribution is 5.43. The van der Waals surface area contributed by atoms with Gasteiger partial charge in [-0.1, -0.05) is 20.8 Å². The number of nitrogens with zero attached hydrogens (tertiary/aromatic N) is 4. The quantitative estimate of drug-likeness (QED) is 0.836. The maximum Gasteiger partial charge on any atom is 0.416 e. The van der Waals surface area contributed by atoms with E-state index in [0.29, 0.717) is 17.5 Å². The van der Waals surface area contributed by atoms with E-state index in [4.69, 9.17) is 0 Å². The molecule has 0 unspecified atom stereocenters. The summed E-state index contributed by atoms with van der Waals surface area (Å²) in [5.74, 6) is 1.25. The van der Waals surface area contributed by atoms with Gasteiger partial charge in [-0.2, -0.15) is 22.8 Å². The summed E-state index contributed by atoms with van der Waals surface area (Å²) in [5, 5.41) is 4.51. The molecule has 0 bridgehead atoms. The van der Waals surface area contributed by atoms with Crippen molar-refractivity contribution < 1.29 is 13.2 Å². The summed E-state index contributed by atoms with van der Waals surface area (Å²) in [6.07, 6.45) is -4.38. The molecular formula is C17H22F3N4. The van der Waals surface area contributed by atoms with Crippen molar-refractivity contribution in [3.05, 3.63) is 35.7 Å². The van der Waals surface area contributed by atoms with Gasteiger partial charge in [0.25, 0.3) is 0 Å². The molecule has 0 spiro atoms. The van der Waals surface area contributed by atoms with Crippen molar-refractivity contribution in [1.29, 1.82) is 0 Å². The molecule has 0 atom stereocenters. The Bertz CT molecular complexity index is 677. The van der Waals surface area contributed by atoms with Crippen molar-refractivity contribution in [2.24, 2.45) is 0 Å². The normalized spacial score (nSPS) is 12.5. The summed E-state index contributed by atoms with van der Waals surface area (Å²) in [5.41, 5.74) is -0.557. The van der Waals surface area contributed by atoms with Gasteiger partial charge in [0, 0.05) is 24.6 Å². The number of hydrogen-bond acceptors (Lipinski definition) is 3. The molecule has 1 heterocycles. The molecule has 0 aliphatic rings. The maximum absolute atomic E-state index is 12.7. The molecule has 0 N–H and O–H groups in total. The summed E-state index contributed by atoms with van der Waals surface area (Å²) >= 11 is 0. The fourth-order valence-corrected chi connectivity index (χ4v) is 2.22. The van der Waals surface area contributed by atoms with Crippen LogP contribution in [0, 0.1) is 6.07 Å². The number of alkyl halides is 3. The second-order valence-corrected chi connectivity index (χ2v) is 6.53. The van der Waals surface area contributed by atoms with Crippen molar-refractivity contribution in [1.82, 2.24) is 14.8 Å². The van der Waals surface area contributed by atoms with Gasteiger partial charge in [0.05, 0.1) is 11.3 Å². The van der Waals surface area contributed by atoms with E-state index in [1.807, 2.05) is 39.5 Å². The van der Waals surface area contributed by atoms with Crippen LogP contribution < -0.4 is 4.90 Å². The number of benzene rings is 1. The molecule has 7 heteroatoms. The molecule has 1 aromatic carbocycles. The van der Waals surface area contributed by atoms with E-state index in [2.05, 4.69) is 16.1 Å². The zero-order valence-electron chi connectivity index (χ0n) is 14.6. The largest absolute Gasteiger partial charge is 0.416 e. The first kappa shape index (κ1) is 18.3. The third-order valence-electron chi connectivity index (χ3n) is 3.66. The van der Waals surface area contributed by atoms with E-state index in [0.717, 1.165) is 25.2 Å². The zero-order chi connectivity index (χ0) is 18.1. The number of aromatic nitrogens is 3. The van der Waals surface area contributed by atoms with Crippen LogP contribution in [-0.2, 0) is 11.6 Å². The van der Waals surface area contributed by atoms with E-state index >= 15 is 0 Å². The Kier molecular flexibility index (Phi) is 4.92. The molecule has 0 aliphatic heterocycles. The van der Waals surface area contributed by atoms with Crippen molar-refractivity contribution >= 4 is 5.95 Å². The molecule has 2 rings (SSSR count). The topological polar surface area (TPSA) is 34.0 Å². The Morgan fingerprint density at radius 2 is 1.75 bits per heavy atom. The first-order chi connectivity index (χ1) is 11.1. The van der Waals surface area contributed by atoms with Crippen LogP contribution in [0.5, 0.6) is 0 Å². The predicted octanol–water partition coefficient (Wildman–Crippen LogP) is 4.23. The van der Waals surface area contributed by atoms with E-state index in [1.165, 1.54) is 6.07 Å². The third kappa shape index (κ3) is 3.71. The van der Waals surface area contributed by atoms with E-state index in [9.17, 15) is 13.2 Å². The molecule has 1 aromatic heterocycles. The van der Waals surface area contributed by atoms with Gasteiger partial charge in [-0.15, -0.1) is 5.10 Å². The Labute approximate surface area is 140 Å².